The van der Waals surface area contributed by atoms with Gasteiger partial charge in [0.15, 0.2) is 0 Å². The standard InChI is InChI=1S/C25H28FN3O6S.C2HF3O2/c1-4-28(36(33,34)18-12-10-17(26)11-13-18)15-19-20-21(25(2,27-19)24(32)35-3)23(31)29(22(20)30)14-16-8-6-5-7-9-16;3-2(4,5)1(6)7/h5-13,19-21,27H,4,14-15H2,1-3H3;(H,6,7)/t19-,20+,21-,25-;/m1./s1. The van der Waals surface area contributed by atoms with Gasteiger partial charge >= 0.3 is 18.1 Å². The van der Waals surface area contributed by atoms with E-state index in [1.165, 1.54) is 26.2 Å². The average Bonchev–Trinajstić information content (AvgIpc) is 3.39. The molecule has 0 unspecified atom stereocenters. The van der Waals surface area contributed by atoms with Gasteiger partial charge in [0.2, 0.25) is 21.8 Å². The number of rotatable bonds is 8. The molecule has 2 aliphatic rings. The van der Waals surface area contributed by atoms with E-state index in [-0.39, 0.29) is 24.5 Å². The third-order valence-electron chi connectivity index (χ3n) is 7.22. The van der Waals surface area contributed by atoms with E-state index in [9.17, 15) is 40.4 Å². The highest BCUT2D eigenvalue weighted by Gasteiger charge is 2.66. The second-order valence-corrected chi connectivity index (χ2v) is 11.8. The highest BCUT2D eigenvalue weighted by molar-refractivity contribution is 7.89. The molecule has 0 aromatic heterocycles. The highest BCUT2D eigenvalue weighted by Crippen LogP contribution is 2.44. The highest BCUT2D eigenvalue weighted by atomic mass is 32.2. The third-order valence-corrected chi connectivity index (χ3v) is 9.18. The lowest BCUT2D eigenvalue weighted by Crippen LogP contribution is -2.56. The van der Waals surface area contributed by atoms with E-state index < -0.39 is 69.2 Å². The van der Waals surface area contributed by atoms with Crippen molar-refractivity contribution in [2.45, 2.75) is 43.0 Å². The number of fused-ring (bicyclic) bond motifs is 1. The average molecular weight is 632 g/mol. The monoisotopic (exact) mass is 631 g/mol. The number of amides is 2. The van der Waals surface area contributed by atoms with Crippen LogP contribution in [-0.4, -0.2) is 84.4 Å². The topological polar surface area (TPSA) is 150 Å². The van der Waals surface area contributed by atoms with Gasteiger partial charge in [-0.1, -0.05) is 37.3 Å². The summed E-state index contributed by atoms with van der Waals surface area (Å²) < 4.78 is 77.8. The molecule has 0 saturated carbocycles. The van der Waals surface area contributed by atoms with Gasteiger partial charge in [0.1, 0.15) is 11.4 Å². The van der Waals surface area contributed by atoms with Crippen molar-refractivity contribution in [1.82, 2.24) is 14.5 Å². The number of carbonyl (C=O) groups is 4. The Morgan fingerprint density at radius 3 is 2.12 bits per heavy atom. The van der Waals surface area contributed by atoms with Crippen LogP contribution in [0.2, 0.25) is 0 Å². The predicted octanol–water partition coefficient (Wildman–Crippen LogP) is 2.17. The second-order valence-electron chi connectivity index (χ2n) is 9.91. The number of likely N-dealkylation sites (tertiary alicyclic amines) is 1. The summed E-state index contributed by atoms with van der Waals surface area (Å²) in [5.41, 5.74) is -0.779. The van der Waals surface area contributed by atoms with Crippen LogP contribution in [0, 0.1) is 17.7 Å². The summed E-state index contributed by atoms with van der Waals surface area (Å²) >= 11 is 0. The smallest absolute Gasteiger partial charge is 0.475 e. The van der Waals surface area contributed by atoms with Crippen LogP contribution in [-0.2, 0) is 40.5 Å². The van der Waals surface area contributed by atoms with Crippen molar-refractivity contribution in [2.75, 3.05) is 20.2 Å². The molecule has 11 nitrogen and oxygen atoms in total. The van der Waals surface area contributed by atoms with E-state index in [1.54, 1.807) is 31.2 Å². The third kappa shape index (κ3) is 6.86. The molecule has 2 amide bonds. The Morgan fingerprint density at radius 1 is 1.07 bits per heavy atom. The molecule has 2 aliphatic heterocycles. The van der Waals surface area contributed by atoms with Crippen molar-refractivity contribution in [3.8, 4) is 0 Å². The van der Waals surface area contributed by atoms with E-state index in [0.29, 0.717) is 0 Å². The zero-order chi connectivity index (χ0) is 32.3. The minimum atomic E-state index is -5.08. The van der Waals surface area contributed by atoms with E-state index in [1.807, 2.05) is 6.07 Å². The number of sulfonamides is 1. The molecule has 2 heterocycles. The first-order valence-electron chi connectivity index (χ1n) is 12.8. The van der Waals surface area contributed by atoms with Crippen LogP contribution in [0.25, 0.3) is 0 Å². The molecule has 0 bridgehead atoms. The van der Waals surface area contributed by atoms with Gasteiger partial charge in [-0.15, -0.1) is 0 Å². The maximum atomic E-state index is 13.5. The lowest BCUT2D eigenvalue weighted by atomic mass is 9.81. The molecule has 2 N–H and O–H groups in total. The number of carboxylic acids is 1. The normalized spacial score (nSPS) is 23.5. The van der Waals surface area contributed by atoms with Gasteiger partial charge in [0, 0.05) is 19.1 Å². The number of hydrogen-bond acceptors (Lipinski definition) is 8. The van der Waals surface area contributed by atoms with Gasteiger partial charge in [-0.3, -0.25) is 24.6 Å². The number of likely N-dealkylation sites (N-methyl/N-ethyl adjacent to an activating group) is 1. The lowest BCUT2D eigenvalue weighted by Gasteiger charge is -2.30. The molecule has 4 atom stereocenters. The number of esters is 1. The predicted molar refractivity (Wildman–Crippen MR) is 141 cm³/mol. The largest absolute Gasteiger partial charge is 0.490 e. The van der Waals surface area contributed by atoms with E-state index in [4.69, 9.17) is 14.6 Å². The number of alkyl halides is 3. The Kier molecular flexibility index (Phi) is 9.98. The van der Waals surface area contributed by atoms with Crippen molar-refractivity contribution in [3.05, 3.63) is 66.0 Å². The molecule has 16 heteroatoms. The SMILES string of the molecule is CCN(C[C@H]1N[C@@](C)(C(=O)OC)[C@H]2C(=O)N(Cc3ccccc3)C(=O)[C@@H]12)S(=O)(=O)c1ccc(F)cc1.O=C(O)C(F)(F)F. The van der Waals surface area contributed by atoms with Crippen molar-refractivity contribution >= 4 is 33.8 Å². The summed E-state index contributed by atoms with van der Waals surface area (Å²) in [6, 6.07) is 12.6. The maximum absolute atomic E-state index is 13.5. The van der Waals surface area contributed by atoms with Gasteiger partial charge in [0.05, 0.1) is 30.4 Å². The molecule has 234 valence electrons. The molecule has 0 radical (unpaired) electrons. The van der Waals surface area contributed by atoms with E-state index >= 15 is 0 Å². The molecule has 0 aliphatic carbocycles. The number of benzene rings is 2. The summed E-state index contributed by atoms with van der Waals surface area (Å²) in [5.74, 6) is -7.06. The van der Waals surface area contributed by atoms with Crippen LogP contribution in [0.5, 0.6) is 0 Å². The first-order valence-corrected chi connectivity index (χ1v) is 14.2. The number of ether oxygens (including phenoxy) is 1. The van der Waals surface area contributed by atoms with Crippen molar-refractivity contribution in [3.63, 3.8) is 0 Å². The fourth-order valence-corrected chi connectivity index (χ4v) is 6.65. The van der Waals surface area contributed by atoms with Gasteiger partial charge in [-0.05, 0) is 36.8 Å². The number of hydrogen-bond donors (Lipinski definition) is 2. The molecule has 0 spiro atoms. The molecule has 2 saturated heterocycles. The molecule has 2 fully saturated rings. The Hall–Kier alpha value is -3.89. The number of imide groups is 1. The molecule has 4 rings (SSSR count). The molecule has 2 aromatic carbocycles. The Labute approximate surface area is 244 Å². The minimum Gasteiger partial charge on any atom is -0.475 e. The quantitative estimate of drug-likeness (QED) is 0.254. The van der Waals surface area contributed by atoms with Crippen LogP contribution in [0.15, 0.2) is 59.5 Å². The van der Waals surface area contributed by atoms with Crippen LogP contribution in [0.3, 0.4) is 0 Å². The number of nitrogens with one attached hydrogen (secondary N) is 1. The van der Waals surface area contributed by atoms with E-state index in [2.05, 4.69) is 5.32 Å². The van der Waals surface area contributed by atoms with Crippen molar-refractivity contribution < 1.29 is 55.0 Å². The fourth-order valence-electron chi connectivity index (χ4n) is 5.18. The van der Waals surface area contributed by atoms with Crippen LogP contribution < -0.4 is 5.32 Å². The van der Waals surface area contributed by atoms with E-state index in [0.717, 1.165) is 26.9 Å². The first-order chi connectivity index (χ1) is 20.0. The Morgan fingerprint density at radius 2 is 1.63 bits per heavy atom. The van der Waals surface area contributed by atoms with Crippen molar-refractivity contribution in [1.29, 1.82) is 0 Å². The van der Waals surface area contributed by atoms with Crippen molar-refractivity contribution in [2.24, 2.45) is 11.8 Å². The first kappa shape index (κ1) is 33.6. The number of nitrogens with zero attached hydrogens (tertiary/aromatic N) is 2. The number of halogens is 4. The van der Waals surface area contributed by atoms with Gasteiger partial charge in [-0.25, -0.2) is 17.6 Å². The molecule has 2 aromatic rings. The van der Waals surface area contributed by atoms with Crippen LogP contribution >= 0.6 is 0 Å². The molecular weight excluding hydrogens is 602 g/mol. The number of carbonyl (C=O) groups excluding carboxylic acids is 3. The summed E-state index contributed by atoms with van der Waals surface area (Å²) in [6.45, 7) is 3.05. The zero-order valence-electron chi connectivity index (χ0n) is 23.2. The summed E-state index contributed by atoms with van der Waals surface area (Å²) in [5, 5.41) is 10.2. The summed E-state index contributed by atoms with van der Waals surface area (Å²) in [6.07, 6.45) is -5.08. The molecular formula is C27H29F4N3O8S. The van der Waals surface area contributed by atoms with Crippen LogP contribution in [0.1, 0.15) is 19.4 Å². The maximum Gasteiger partial charge on any atom is 0.490 e. The van der Waals surface area contributed by atoms with Gasteiger partial charge in [-0.2, -0.15) is 17.5 Å². The van der Waals surface area contributed by atoms with Crippen LogP contribution in [0.4, 0.5) is 17.6 Å². The Balaban J connectivity index is 0.000000646. The summed E-state index contributed by atoms with van der Waals surface area (Å²) in [7, 11) is -2.85. The lowest BCUT2D eigenvalue weighted by molar-refractivity contribution is -0.192. The summed E-state index contributed by atoms with van der Waals surface area (Å²) in [4.78, 5) is 49.8. The Bertz CT molecular complexity index is 1470. The zero-order valence-corrected chi connectivity index (χ0v) is 24.0. The molecule has 43 heavy (non-hydrogen) atoms. The number of methoxy groups -OCH3 is 1. The minimum absolute atomic E-state index is 0.0425. The van der Waals surface area contributed by atoms with Gasteiger partial charge in [0.25, 0.3) is 0 Å². The number of carboxylic acid groups (broad SMARTS) is 1. The number of aliphatic carboxylic acids is 1. The van der Waals surface area contributed by atoms with Gasteiger partial charge < -0.3 is 9.84 Å². The second kappa shape index (κ2) is 12.8. The fraction of sp³-hybridized carbons (Fsp3) is 0.407.